The Morgan fingerprint density at radius 1 is 1.05 bits per heavy atom. The predicted molar refractivity (Wildman–Crippen MR) is 83.6 cm³/mol. The number of rotatable bonds is 11. The molecule has 5 nitrogen and oxygen atoms in total. The molecule has 0 aliphatic heterocycles. The van der Waals surface area contributed by atoms with E-state index in [4.69, 9.17) is 18.9 Å². The van der Waals surface area contributed by atoms with Crippen LogP contribution in [0, 0.1) is 0 Å². The molecule has 1 N–H and O–H groups in total. The van der Waals surface area contributed by atoms with Crippen LogP contribution in [0.4, 0.5) is 0 Å². The minimum Gasteiger partial charge on any atom is -0.493 e. The van der Waals surface area contributed by atoms with E-state index in [0.29, 0.717) is 43.1 Å². The molecule has 0 amide bonds. The quantitative estimate of drug-likeness (QED) is 0.636. The van der Waals surface area contributed by atoms with Gasteiger partial charge in [0.2, 0.25) is 5.75 Å². The first-order chi connectivity index (χ1) is 10.2. The van der Waals surface area contributed by atoms with Crippen molar-refractivity contribution in [2.24, 2.45) is 0 Å². The van der Waals surface area contributed by atoms with Gasteiger partial charge in [-0.1, -0.05) is 13.0 Å². The molecule has 5 heteroatoms. The lowest BCUT2D eigenvalue weighted by molar-refractivity contribution is 0.0982. The molecule has 0 saturated carbocycles. The fraction of sp³-hybridized carbons (Fsp3) is 0.625. The van der Waals surface area contributed by atoms with Gasteiger partial charge in [0.15, 0.2) is 11.5 Å². The van der Waals surface area contributed by atoms with E-state index in [9.17, 15) is 0 Å². The lowest BCUT2D eigenvalue weighted by Gasteiger charge is -2.14. The Labute approximate surface area is 127 Å². The highest BCUT2D eigenvalue weighted by molar-refractivity contribution is 5.51. The molecular formula is C16H27NO4. The van der Waals surface area contributed by atoms with Crippen LogP contribution in [0.15, 0.2) is 18.2 Å². The second-order valence-corrected chi connectivity index (χ2v) is 4.72. The van der Waals surface area contributed by atoms with Crippen LogP contribution in [0.5, 0.6) is 17.2 Å². The van der Waals surface area contributed by atoms with Crippen molar-refractivity contribution in [3.8, 4) is 17.2 Å². The van der Waals surface area contributed by atoms with Crippen molar-refractivity contribution in [3.63, 3.8) is 0 Å². The van der Waals surface area contributed by atoms with Crippen molar-refractivity contribution < 1.29 is 18.9 Å². The Hall–Kier alpha value is -1.46. The van der Waals surface area contributed by atoms with Crippen LogP contribution in [-0.4, -0.2) is 46.6 Å². The Morgan fingerprint density at radius 3 is 2.29 bits per heavy atom. The highest BCUT2D eigenvalue weighted by Crippen LogP contribution is 2.36. The Morgan fingerprint density at radius 2 is 1.71 bits per heavy atom. The number of ether oxygens (including phenoxy) is 4. The third-order valence-electron chi connectivity index (χ3n) is 3.21. The summed E-state index contributed by atoms with van der Waals surface area (Å²) < 4.78 is 21.8. The zero-order valence-corrected chi connectivity index (χ0v) is 13.5. The molecule has 1 aromatic carbocycles. The van der Waals surface area contributed by atoms with E-state index in [0.717, 1.165) is 13.0 Å². The van der Waals surface area contributed by atoms with Crippen molar-refractivity contribution in [2.75, 3.05) is 40.6 Å². The summed E-state index contributed by atoms with van der Waals surface area (Å²) in [6.45, 7) is 6.84. The van der Waals surface area contributed by atoms with Gasteiger partial charge in [0.05, 0.1) is 27.4 Å². The van der Waals surface area contributed by atoms with Crippen LogP contribution in [0.1, 0.15) is 20.3 Å². The summed E-state index contributed by atoms with van der Waals surface area (Å²) in [7, 11) is 3.22. The molecule has 0 spiro atoms. The summed E-state index contributed by atoms with van der Waals surface area (Å²) in [6.07, 6.45) is 1.12. The van der Waals surface area contributed by atoms with Crippen LogP contribution in [-0.2, 0) is 4.74 Å². The first kappa shape index (κ1) is 17.6. The molecule has 0 heterocycles. The zero-order chi connectivity index (χ0) is 15.5. The van der Waals surface area contributed by atoms with Crippen molar-refractivity contribution >= 4 is 0 Å². The number of para-hydroxylation sites is 1. The summed E-state index contributed by atoms with van der Waals surface area (Å²) in [5.41, 5.74) is 0. The summed E-state index contributed by atoms with van der Waals surface area (Å²) in [6, 6.07) is 6.08. The molecule has 21 heavy (non-hydrogen) atoms. The van der Waals surface area contributed by atoms with E-state index in [2.05, 4.69) is 19.2 Å². The second kappa shape index (κ2) is 10.3. The van der Waals surface area contributed by atoms with Gasteiger partial charge in [-0.25, -0.2) is 0 Å². The van der Waals surface area contributed by atoms with Crippen molar-refractivity contribution in [3.05, 3.63) is 18.2 Å². The molecule has 0 bridgehead atoms. The van der Waals surface area contributed by atoms with Crippen LogP contribution in [0.2, 0.25) is 0 Å². The first-order valence-corrected chi connectivity index (χ1v) is 7.37. The topological polar surface area (TPSA) is 49.0 Å². The average molecular weight is 297 g/mol. The zero-order valence-electron chi connectivity index (χ0n) is 13.5. The number of hydrogen-bond acceptors (Lipinski definition) is 5. The van der Waals surface area contributed by atoms with E-state index in [1.165, 1.54) is 0 Å². The number of nitrogens with one attached hydrogen (secondary N) is 1. The van der Waals surface area contributed by atoms with Crippen molar-refractivity contribution in [1.82, 2.24) is 5.32 Å². The third kappa shape index (κ3) is 6.23. The van der Waals surface area contributed by atoms with Gasteiger partial charge in [0.25, 0.3) is 0 Å². The fourth-order valence-corrected chi connectivity index (χ4v) is 1.79. The molecule has 1 atom stereocenters. The van der Waals surface area contributed by atoms with E-state index in [1.54, 1.807) is 14.2 Å². The summed E-state index contributed by atoms with van der Waals surface area (Å²) >= 11 is 0. The van der Waals surface area contributed by atoms with Crippen molar-refractivity contribution in [2.45, 2.75) is 26.3 Å². The smallest absolute Gasteiger partial charge is 0.203 e. The van der Waals surface area contributed by atoms with Crippen LogP contribution < -0.4 is 19.5 Å². The molecule has 0 radical (unpaired) electrons. The molecule has 1 aromatic rings. The fourth-order valence-electron chi connectivity index (χ4n) is 1.79. The van der Waals surface area contributed by atoms with Gasteiger partial charge < -0.3 is 24.3 Å². The lowest BCUT2D eigenvalue weighted by atomic mass is 10.3. The first-order valence-electron chi connectivity index (χ1n) is 7.37. The molecule has 0 aliphatic carbocycles. The lowest BCUT2D eigenvalue weighted by Crippen LogP contribution is -2.29. The Kier molecular flexibility index (Phi) is 8.62. The second-order valence-electron chi connectivity index (χ2n) is 4.72. The minimum atomic E-state index is 0.458. The van der Waals surface area contributed by atoms with Gasteiger partial charge in [-0.15, -0.1) is 0 Å². The van der Waals surface area contributed by atoms with Crippen LogP contribution in [0.25, 0.3) is 0 Å². The molecule has 120 valence electrons. The van der Waals surface area contributed by atoms with E-state index >= 15 is 0 Å². The maximum atomic E-state index is 5.70. The number of hydrogen-bond donors (Lipinski definition) is 1. The van der Waals surface area contributed by atoms with E-state index < -0.39 is 0 Å². The summed E-state index contributed by atoms with van der Waals surface area (Å²) in [5, 5.41) is 3.37. The monoisotopic (exact) mass is 297 g/mol. The summed E-state index contributed by atoms with van der Waals surface area (Å²) in [4.78, 5) is 0. The minimum absolute atomic E-state index is 0.458. The van der Waals surface area contributed by atoms with E-state index in [-0.39, 0.29) is 0 Å². The third-order valence-corrected chi connectivity index (χ3v) is 3.21. The molecule has 1 unspecified atom stereocenters. The average Bonchev–Trinajstić information content (AvgIpc) is 2.53. The number of methoxy groups -OCH3 is 2. The molecule has 0 saturated heterocycles. The van der Waals surface area contributed by atoms with E-state index in [1.807, 2.05) is 18.2 Å². The molecular weight excluding hydrogens is 270 g/mol. The van der Waals surface area contributed by atoms with Crippen LogP contribution in [0.3, 0.4) is 0 Å². The van der Waals surface area contributed by atoms with Crippen molar-refractivity contribution in [1.29, 1.82) is 0 Å². The van der Waals surface area contributed by atoms with Gasteiger partial charge in [-0.05, 0) is 25.5 Å². The molecule has 1 rings (SSSR count). The van der Waals surface area contributed by atoms with Gasteiger partial charge >= 0.3 is 0 Å². The standard InChI is InChI=1S/C16H27NO4/c1-5-13(2)17-9-10-20-11-12-21-16-14(18-3)7-6-8-15(16)19-4/h6-8,13,17H,5,9-12H2,1-4H3. The summed E-state index contributed by atoms with van der Waals surface area (Å²) in [5.74, 6) is 1.93. The molecule has 0 fully saturated rings. The van der Waals surface area contributed by atoms with Gasteiger partial charge in [0, 0.05) is 12.6 Å². The maximum absolute atomic E-state index is 5.70. The normalized spacial score (nSPS) is 12.0. The number of benzene rings is 1. The van der Waals surface area contributed by atoms with Gasteiger partial charge in [0.1, 0.15) is 6.61 Å². The molecule has 0 aromatic heterocycles. The van der Waals surface area contributed by atoms with Crippen LogP contribution >= 0.6 is 0 Å². The van der Waals surface area contributed by atoms with Gasteiger partial charge in [-0.3, -0.25) is 0 Å². The molecule has 0 aliphatic rings. The SMILES string of the molecule is CCC(C)NCCOCCOc1c(OC)cccc1OC. The van der Waals surface area contributed by atoms with Gasteiger partial charge in [-0.2, -0.15) is 0 Å². The predicted octanol–water partition coefficient (Wildman–Crippen LogP) is 2.49. The largest absolute Gasteiger partial charge is 0.493 e. The maximum Gasteiger partial charge on any atom is 0.203 e. The highest BCUT2D eigenvalue weighted by atomic mass is 16.6. The Bertz CT molecular complexity index is 376. The highest BCUT2D eigenvalue weighted by Gasteiger charge is 2.10. The Balaban J connectivity index is 2.26.